The molecule has 37 heavy (non-hydrogen) atoms. The van der Waals surface area contributed by atoms with E-state index in [1.165, 1.54) is 50.3 Å². The van der Waals surface area contributed by atoms with E-state index in [4.69, 9.17) is 5.73 Å². The van der Waals surface area contributed by atoms with Gasteiger partial charge in [0.15, 0.2) is 5.82 Å². The van der Waals surface area contributed by atoms with Crippen LogP contribution in [0.3, 0.4) is 0 Å². The van der Waals surface area contributed by atoms with Crippen LogP contribution in [0.2, 0.25) is 0 Å². The average Bonchev–Trinajstić information content (AvgIpc) is 3.55. The number of carbonyl (C=O) groups excluding carboxylic acids is 3. The number of amides is 3. The van der Waals surface area contributed by atoms with Gasteiger partial charge in [0.1, 0.15) is 29.4 Å². The molecular weight excluding hydrogens is 544 g/mol. The van der Waals surface area contributed by atoms with Gasteiger partial charge in [0.05, 0.1) is 16.7 Å². The zero-order valence-corrected chi connectivity index (χ0v) is 21.8. The van der Waals surface area contributed by atoms with Crippen LogP contribution in [0, 0.1) is 5.41 Å². The SMILES string of the molecule is CC1=NC2=CN(CO)NN2C(SCC2(C(=O)O)CS[C@@H]3C(N(C(=O)C(N)=O)c4cscn4)C(=O)N3C2)=C1. The van der Waals surface area contributed by atoms with Crippen LogP contribution < -0.4 is 16.2 Å². The number of thiazole rings is 1. The van der Waals surface area contributed by atoms with Crippen LogP contribution in [0.15, 0.2) is 39.0 Å². The van der Waals surface area contributed by atoms with E-state index in [0.29, 0.717) is 10.9 Å². The Bertz CT molecular complexity index is 1250. The molecule has 0 spiro atoms. The van der Waals surface area contributed by atoms with Gasteiger partial charge in [0, 0.05) is 29.1 Å². The average molecular weight is 567 g/mol. The van der Waals surface area contributed by atoms with Crippen LogP contribution in [0.1, 0.15) is 6.92 Å². The number of anilines is 1. The number of nitrogens with one attached hydrogen (secondary N) is 1. The summed E-state index contributed by atoms with van der Waals surface area (Å²) in [6.45, 7) is 1.48. The number of β-lactam (4-membered cyclic amide) rings is 1. The van der Waals surface area contributed by atoms with E-state index in [-0.39, 0.29) is 30.6 Å². The van der Waals surface area contributed by atoms with Gasteiger partial charge in [-0.1, -0.05) is 0 Å². The Balaban J connectivity index is 1.32. The van der Waals surface area contributed by atoms with Crippen LogP contribution >= 0.6 is 34.9 Å². The van der Waals surface area contributed by atoms with Gasteiger partial charge < -0.3 is 20.8 Å². The lowest BCUT2D eigenvalue weighted by Gasteiger charge is -2.55. The molecule has 2 fully saturated rings. The quantitative estimate of drug-likeness (QED) is 0.237. The molecule has 0 aliphatic carbocycles. The smallest absolute Gasteiger partial charge is 0.318 e. The van der Waals surface area contributed by atoms with E-state index in [1.54, 1.807) is 22.7 Å². The monoisotopic (exact) mass is 566 g/mol. The normalized spacial score (nSPS) is 26.5. The zero-order chi connectivity index (χ0) is 26.5. The lowest BCUT2D eigenvalue weighted by atomic mass is 9.89. The van der Waals surface area contributed by atoms with Gasteiger partial charge in [-0.15, -0.1) is 40.4 Å². The predicted molar refractivity (Wildman–Crippen MR) is 136 cm³/mol. The van der Waals surface area contributed by atoms with Crippen molar-refractivity contribution in [1.82, 2.24) is 25.4 Å². The Labute approximate surface area is 222 Å². The van der Waals surface area contributed by atoms with Gasteiger partial charge in [-0.3, -0.25) is 29.1 Å². The maximum atomic E-state index is 13.2. The number of carboxylic acids is 1. The molecule has 2 unspecified atom stereocenters. The minimum atomic E-state index is -1.27. The summed E-state index contributed by atoms with van der Waals surface area (Å²) in [5, 5.41) is 24.4. The second-order valence-electron chi connectivity index (χ2n) is 8.64. The van der Waals surface area contributed by atoms with Crippen LogP contribution in [0.25, 0.3) is 0 Å². The number of hydrazine groups is 2. The Morgan fingerprint density at radius 1 is 1.41 bits per heavy atom. The third-order valence-electron chi connectivity index (χ3n) is 6.17. The minimum absolute atomic E-state index is 0.0583. The first-order valence-corrected chi connectivity index (χ1v) is 13.8. The fourth-order valence-corrected chi connectivity index (χ4v) is 7.80. The fraction of sp³-hybridized carbons (Fsp3) is 0.400. The molecule has 5 N–H and O–H groups in total. The van der Waals surface area contributed by atoms with Gasteiger partial charge in [-0.25, -0.2) is 15.0 Å². The summed E-state index contributed by atoms with van der Waals surface area (Å²) >= 11 is 3.73. The largest absolute Gasteiger partial charge is 0.481 e. The molecule has 196 valence electrons. The number of aliphatic imine (C=N–C) groups is 1. The predicted octanol–water partition coefficient (Wildman–Crippen LogP) is -0.849. The van der Waals surface area contributed by atoms with Crippen LogP contribution in [0.5, 0.6) is 0 Å². The number of hydrogen-bond acceptors (Lipinski definition) is 13. The highest BCUT2D eigenvalue weighted by molar-refractivity contribution is 8.03. The number of aliphatic hydroxyl groups excluding tert-OH is 1. The number of aromatic nitrogens is 1. The van der Waals surface area contributed by atoms with Crippen molar-refractivity contribution in [2.24, 2.45) is 16.1 Å². The maximum absolute atomic E-state index is 13.2. The summed E-state index contributed by atoms with van der Waals surface area (Å²) in [6, 6.07) is -1.00. The number of carbonyl (C=O) groups is 4. The molecule has 17 heteroatoms. The first kappa shape index (κ1) is 25.5. The minimum Gasteiger partial charge on any atom is -0.481 e. The Hall–Kier alpha value is -3.12. The number of aliphatic carboxylic acids is 1. The van der Waals surface area contributed by atoms with Crippen molar-refractivity contribution in [3.05, 3.63) is 34.0 Å². The van der Waals surface area contributed by atoms with Crippen molar-refractivity contribution < 1.29 is 29.4 Å². The third-order valence-corrected chi connectivity index (χ3v) is 9.61. The third kappa shape index (κ3) is 4.35. The van der Waals surface area contributed by atoms with Crippen LogP contribution in [-0.2, 0) is 19.2 Å². The number of nitrogens with two attached hydrogens (primary N) is 1. The summed E-state index contributed by atoms with van der Waals surface area (Å²) in [6.07, 6.45) is 3.43. The number of fused-ring (bicyclic) bond motifs is 2. The molecule has 5 rings (SSSR count). The highest BCUT2D eigenvalue weighted by Gasteiger charge is 2.60. The lowest BCUT2D eigenvalue weighted by molar-refractivity contribution is -0.156. The van der Waals surface area contributed by atoms with Crippen molar-refractivity contribution in [2.75, 3.05) is 29.7 Å². The second-order valence-corrected chi connectivity index (χ2v) is 11.5. The van der Waals surface area contributed by atoms with E-state index in [2.05, 4.69) is 15.5 Å². The number of primary amides is 1. The van der Waals surface area contributed by atoms with E-state index in [9.17, 15) is 29.4 Å². The van der Waals surface area contributed by atoms with Crippen molar-refractivity contribution >= 4 is 70.1 Å². The molecular formula is C20H22N8O6S3. The number of hydrogen-bond donors (Lipinski definition) is 4. The number of rotatable bonds is 7. The molecule has 4 aliphatic heterocycles. The van der Waals surface area contributed by atoms with Gasteiger partial charge in [-0.2, -0.15) is 0 Å². The molecule has 3 atom stereocenters. The number of allylic oxidation sites excluding steroid dienone is 1. The van der Waals surface area contributed by atoms with Crippen molar-refractivity contribution in [2.45, 2.75) is 18.3 Å². The molecule has 2 saturated heterocycles. The molecule has 3 amide bonds. The highest BCUT2D eigenvalue weighted by Crippen LogP contribution is 2.47. The van der Waals surface area contributed by atoms with Crippen molar-refractivity contribution in [1.29, 1.82) is 0 Å². The molecule has 4 aliphatic rings. The van der Waals surface area contributed by atoms with Crippen LogP contribution in [0.4, 0.5) is 5.82 Å². The molecule has 0 aromatic carbocycles. The van der Waals surface area contributed by atoms with Crippen molar-refractivity contribution in [3.8, 4) is 0 Å². The number of aliphatic hydroxyl groups is 1. The molecule has 1 aromatic rings. The van der Waals surface area contributed by atoms with E-state index >= 15 is 0 Å². The van der Waals surface area contributed by atoms with E-state index in [1.807, 2.05) is 6.92 Å². The van der Waals surface area contributed by atoms with E-state index in [0.717, 1.165) is 10.6 Å². The van der Waals surface area contributed by atoms with Crippen LogP contribution in [-0.4, -0.2) is 95.7 Å². The highest BCUT2D eigenvalue weighted by atomic mass is 32.2. The number of thioether (sulfide) groups is 2. The summed E-state index contributed by atoms with van der Waals surface area (Å²) in [4.78, 5) is 60.8. The standard InChI is InChI=1S/C20H22N8O6S3/c1-10-2-13(28-11(23-10)3-25(9-29)24-28)36-6-20(19(33)34)5-26-16(31)14(18(26)37-7-20)27(17(32)15(21)30)12-4-35-8-22-12/h2-4,8,14,18,24,29H,5-7,9H2,1H3,(H2,21,30)(H,33,34)/t14?,18-,20?/m1/s1. The zero-order valence-electron chi connectivity index (χ0n) is 19.3. The Morgan fingerprint density at radius 2 is 2.19 bits per heavy atom. The first-order chi connectivity index (χ1) is 17.6. The summed E-state index contributed by atoms with van der Waals surface area (Å²) in [5.41, 5.74) is 9.10. The molecule has 5 heterocycles. The summed E-state index contributed by atoms with van der Waals surface area (Å²) in [5.74, 6) is -2.74. The fourth-order valence-electron chi connectivity index (χ4n) is 4.30. The first-order valence-electron chi connectivity index (χ1n) is 10.9. The lowest BCUT2D eigenvalue weighted by Crippen LogP contribution is -2.75. The maximum Gasteiger partial charge on any atom is 0.318 e. The molecule has 1 aromatic heterocycles. The molecule has 0 radical (unpaired) electrons. The molecule has 14 nitrogen and oxygen atoms in total. The topological polar surface area (TPSA) is 185 Å². The van der Waals surface area contributed by atoms with Gasteiger partial charge in [-0.05, 0) is 13.0 Å². The van der Waals surface area contributed by atoms with Gasteiger partial charge in [0.2, 0.25) is 5.91 Å². The van der Waals surface area contributed by atoms with E-state index < -0.39 is 40.5 Å². The Morgan fingerprint density at radius 3 is 2.84 bits per heavy atom. The van der Waals surface area contributed by atoms with Crippen molar-refractivity contribution in [3.63, 3.8) is 0 Å². The van der Waals surface area contributed by atoms with Gasteiger partial charge >= 0.3 is 17.8 Å². The second kappa shape index (κ2) is 9.64. The molecule has 0 saturated carbocycles. The Kier molecular flexibility index (Phi) is 6.65. The van der Waals surface area contributed by atoms with Gasteiger partial charge in [0.25, 0.3) is 0 Å². The summed E-state index contributed by atoms with van der Waals surface area (Å²) in [7, 11) is 0. The number of carboxylic acid groups (broad SMARTS) is 1. The summed E-state index contributed by atoms with van der Waals surface area (Å²) < 4.78 is 0. The molecule has 0 bridgehead atoms. The number of nitrogens with zero attached hydrogens (tertiary/aromatic N) is 6.